The normalized spacial score (nSPS) is 24.7. The number of anilines is 1. The van der Waals surface area contributed by atoms with Crippen molar-refractivity contribution in [3.63, 3.8) is 0 Å². The Balaban J connectivity index is 1.70. The van der Waals surface area contributed by atoms with E-state index in [9.17, 15) is 20.1 Å². The number of hydrogen-bond donors (Lipinski definition) is 4. The Morgan fingerprint density at radius 3 is 2.68 bits per heavy atom. The lowest BCUT2D eigenvalue weighted by atomic mass is 10.1. The first kappa shape index (κ1) is 20.6. The largest absolute Gasteiger partial charge is 0.394 e. The number of hydrogen-bond acceptors (Lipinski definition) is 8. The molecule has 4 N–H and O–H groups in total. The number of nitrogens with one attached hydrogen (secondary N) is 1. The molecule has 1 aliphatic rings. The van der Waals surface area contributed by atoms with E-state index in [0.717, 1.165) is 25.7 Å². The zero-order chi connectivity index (χ0) is 20.1. The van der Waals surface area contributed by atoms with Crippen LogP contribution in [0, 0.1) is 0 Å². The lowest BCUT2D eigenvalue weighted by Gasteiger charge is -2.16. The van der Waals surface area contributed by atoms with Gasteiger partial charge in [-0.1, -0.05) is 32.6 Å². The standard InChI is InChI=1S/C18H27N5O5/c1-2-3-4-5-6-7-12(25)22-16-13-17(20-9-19-16)23(10-21-13)18-15(27)14(26)11(8-24)28-18/h9-11,14-15,18,24,26-27H,2-8H2,1H3,(H,19,20,22,25)/t11-,14-,15-,18-/m1/s1. The highest BCUT2D eigenvalue weighted by Crippen LogP contribution is 2.32. The molecule has 0 unspecified atom stereocenters. The molecule has 28 heavy (non-hydrogen) atoms. The molecule has 10 nitrogen and oxygen atoms in total. The van der Waals surface area contributed by atoms with Crippen molar-refractivity contribution in [3.05, 3.63) is 12.7 Å². The minimum atomic E-state index is -1.24. The summed E-state index contributed by atoms with van der Waals surface area (Å²) < 4.78 is 6.98. The third-order valence-electron chi connectivity index (χ3n) is 4.92. The molecule has 0 radical (unpaired) electrons. The van der Waals surface area contributed by atoms with Gasteiger partial charge in [0.15, 0.2) is 23.2 Å². The highest BCUT2D eigenvalue weighted by atomic mass is 16.6. The maximum absolute atomic E-state index is 12.2. The van der Waals surface area contributed by atoms with Crippen LogP contribution in [0.5, 0.6) is 0 Å². The second-order valence-electron chi connectivity index (χ2n) is 6.99. The predicted molar refractivity (Wildman–Crippen MR) is 100 cm³/mol. The first-order valence-electron chi connectivity index (χ1n) is 9.66. The van der Waals surface area contributed by atoms with Crippen molar-refractivity contribution in [3.8, 4) is 0 Å². The van der Waals surface area contributed by atoms with Crippen molar-refractivity contribution in [2.45, 2.75) is 70.0 Å². The van der Waals surface area contributed by atoms with Crippen LogP contribution in [-0.2, 0) is 9.53 Å². The van der Waals surface area contributed by atoms with E-state index in [2.05, 4.69) is 27.2 Å². The van der Waals surface area contributed by atoms with E-state index in [1.54, 1.807) is 0 Å². The van der Waals surface area contributed by atoms with Gasteiger partial charge in [0.05, 0.1) is 12.9 Å². The predicted octanol–water partition coefficient (Wildman–Crippen LogP) is 0.737. The molecule has 1 fully saturated rings. The topological polar surface area (TPSA) is 143 Å². The first-order chi connectivity index (χ1) is 13.6. The molecule has 0 aliphatic carbocycles. The fourth-order valence-electron chi connectivity index (χ4n) is 3.32. The van der Waals surface area contributed by atoms with E-state index < -0.39 is 31.1 Å². The molecule has 2 aromatic heterocycles. The average molecular weight is 393 g/mol. The number of carbonyl (C=O) groups is 1. The van der Waals surface area contributed by atoms with Crippen LogP contribution in [0.4, 0.5) is 5.82 Å². The van der Waals surface area contributed by atoms with E-state index in [-0.39, 0.29) is 11.7 Å². The number of carbonyl (C=O) groups excluding carboxylic acids is 1. The third-order valence-corrected chi connectivity index (χ3v) is 4.92. The Morgan fingerprint density at radius 1 is 1.18 bits per heavy atom. The van der Waals surface area contributed by atoms with Crippen LogP contribution in [0.15, 0.2) is 12.7 Å². The summed E-state index contributed by atoms with van der Waals surface area (Å²) in [6.07, 6.45) is 4.07. The number of ether oxygens (including phenoxy) is 1. The van der Waals surface area contributed by atoms with Gasteiger partial charge < -0.3 is 25.4 Å². The smallest absolute Gasteiger partial charge is 0.225 e. The summed E-state index contributed by atoms with van der Waals surface area (Å²) in [6, 6.07) is 0. The van der Waals surface area contributed by atoms with Crippen LogP contribution < -0.4 is 5.32 Å². The van der Waals surface area contributed by atoms with Gasteiger partial charge in [0.25, 0.3) is 0 Å². The summed E-state index contributed by atoms with van der Waals surface area (Å²) in [4.78, 5) is 24.7. The van der Waals surface area contributed by atoms with Gasteiger partial charge in [-0.05, 0) is 6.42 Å². The maximum Gasteiger partial charge on any atom is 0.225 e. The van der Waals surface area contributed by atoms with E-state index in [4.69, 9.17) is 4.74 Å². The molecule has 3 heterocycles. The number of unbranched alkanes of at least 4 members (excludes halogenated alkanes) is 4. The summed E-state index contributed by atoms with van der Waals surface area (Å²) in [5.41, 5.74) is 0.711. The van der Waals surface area contributed by atoms with E-state index >= 15 is 0 Å². The van der Waals surface area contributed by atoms with Crippen LogP contribution >= 0.6 is 0 Å². The maximum atomic E-state index is 12.2. The van der Waals surface area contributed by atoms with Crippen molar-refractivity contribution in [1.82, 2.24) is 19.5 Å². The molecule has 1 saturated heterocycles. The fourth-order valence-corrected chi connectivity index (χ4v) is 3.32. The minimum absolute atomic E-state index is 0.140. The zero-order valence-electron chi connectivity index (χ0n) is 15.9. The van der Waals surface area contributed by atoms with E-state index in [1.165, 1.54) is 23.6 Å². The number of aromatic nitrogens is 4. The van der Waals surface area contributed by atoms with Crippen molar-refractivity contribution in [2.24, 2.45) is 0 Å². The zero-order valence-corrected chi connectivity index (χ0v) is 15.9. The van der Waals surface area contributed by atoms with E-state index in [1.807, 2.05) is 0 Å². The Morgan fingerprint density at radius 2 is 1.96 bits per heavy atom. The van der Waals surface area contributed by atoms with Crippen molar-refractivity contribution < 1.29 is 24.9 Å². The Kier molecular flexibility index (Phi) is 6.89. The molecular weight excluding hydrogens is 366 g/mol. The van der Waals surface area contributed by atoms with Crippen molar-refractivity contribution >= 4 is 22.9 Å². The van der Waals surface area contributed by atoms with Crippen LogP contribution in [-0.4, -0.2) is 65.7 Å². The Labute approximate surface area is 162 Å². The van der Waals surface area contributed by atoms with Crippen molar-refractivity contribution in [2.75, 3.05) is 11.9 Å². The van der Waals surface area contributed by atoms with Crippen LogP contribution in [0.2, 0.25) is 0 Å². The molecule has 0 spiro atoms. The van der Waals surface area contributed by atoms with Gasteiger partial charge in [-0.15, -0.1) is 0 Å². The highest BCUT2D eigenvalue weighted by Gasteiger charge is 2.44. The van der Waals surface area contributed by atoms with Gasteiger partial charge in [-0.3, -0.25) is 9.36 Å². The molecule has 0 saturated carbocycles. The molecule has 2 aromatic rings. The second kappa shape index (κ2) is 9.37. The van der Waals surface area contributed by atoms with Crippen LogP contribution in [0.3, 0.4) is 0 Å². The molecule has 1 aliphatic heterocycles. The molecule has 154 valence electrons. The summed E-state index contributed by atoms with van der Waals surface area (Å²) in [5.74, 6) is 0.146. The lowest BCUT2D eigenvalue weighted by Crippen LogP contribution is -2.33. The molecule has 10 heteroatoms. The summed E-state index contributed by atoms with van der Waals surface area (Å²) >= 11 is 0. The molecule has 0 bridgehead atoms. The number of fused-ring (bicyclic) bond motifs is 1. The number of rotatable bonds is 9. The second-order valence-corrected chi connectivity index (χ2v) is 6.99. The van der Waals surface area contributed by atoms with Gasteiger partial charge in [-0.2, -0.15) is 0 Å². The molecule has 3 rings (SSSR count). The van der Waals surface area contributed by atoms with Crippen LogP contribution in [0.1, 0.15) is 51.7 Å². The highest BCUT2D eigenvalue weighted by molar-refractivity contribution is 5.96. The number of aliphatic hydroxyl groups is 3. The third kappa shape index (κ3) is 4.30. The van der Waals surface area contributed by atoms with Gasteiger partial charge >= 0.3 is 0 Å². The van der Waals surface area contributed by atoms with E-state index in [0.29, 0.717) is 17.6 Å². The number of aliphatic hydroxyl groups excluding tert-OH is 3. The summed E-state index contributed by atoms with van der Waals surface area (Å²) in [5, 5.41) is 32.2. The molecule has 1 amide bonds. The van der Waals surface area contributed by atoms with Crippen LogP contribution in [0.25, 0.3) is 11.2 Å². The monoisotopic (exact) mass is 393 g/mol. The number of amides is 1. The number of nitrogens with zero attached hydrogens (tertiary/aromatic N) is 4. The SMILES string of the molecule is CCCCCCCC(=O)Nc1ncnc2c1ncn2[C@@H]1O[C@H](CO)[C@@H](O)[C@H]1O. The summed E-state index contributed by atoms with van der Waals surface area (Å²) in [7, 11) is 0. The molecular formula is C18H27N5O5. The van der Waals surface area contributed by atoms with Gasteiger partial charge in [-0.25, -0.2) is 15.0 Å². The quantitative estimate of drug-likeness (QED) is 0.457. The lowest BCUT2D eigenvalue weighted by molar-refractivity contribution is -0.116. The Hall–Kier alpha value is -2.14. The van der Waals surface area contributed by atoms with Gasteiger partial charge in [0.1, 0.15) is 24.6 Å². The fraction of sp³-hybridized carbons (Fsp3) is 0.667. The van der Waals surface area contributed by atoms with Gasteiger partial charge in [0, 0.05) is 6.42 Å². The molecule has 0 aromatic carbocycles. The van der Waals surface area contributed by atoms with Crippen molar-refractivity contribution in [1.29, 1.82) is 0 Å². The molecule has 4 atom stereocenters. The summed E-state index contributed by atoms with van der Waals surface area (Å²) in [6.45, 7) is 1.72. The number of imidazole rings is 1. The first-order valence-corrected chi connectivity index (χ1v) is 9.66. The minimum Gasteiger partial charge on any atom is -0.394 e. The average Bonchev–Trinajstić information content (AvgIpc) is 3.24. The van der Waals surface area contributed by atoms with Gasteiger partial charge in [0.2, 0.25) is 5.91 Å². The Bertz CT molecular complexity index is 798.